The molecule has 0 aromatic rings. The lowest BCUT2D eigenvalue weighted by molar-refractivity contribution is -0.120. The van der Waals surface area contributed by atoms with E-state index in [4.69, 9.17) is 0 Å². The molecule has 1 amide bonds. The van der Waals surface area contributed by atoms with Gasteiger partial charge in [-0.25, -0.2) is 0 Å². The highest BCUT2D eigenvalue weighted by Crippen LogP contribution is 2.17. The molecular formula is C12H23N3O. The normalized spacial score (nSPS) is 28.9. The molecule has 2 aliphatic heterocycles. The maximum absolute atomic E-state index is 11.0. The second-order valence-electron chi connectivity index (χ2n) is 5.01. The lowest BCUT2D eigenvalue weighted by atomic mass is 9.99. The van der Waals surface area contributed by atoms with Gasteiger partial charge in [0.25, 0.3) is 0 Å². The van der Waals surface area contributed by atoms with Gasteiger partial charge in [-0.2, -0.15) is 0 Å². The third-order valence-electron chi connectivity index (χ3n) is 3.72. The van der Waals surface area contributed by atoms with Crippen LogP contribution in [0, 0.1) is 0 Å². The van der Waals surface area contributed by atoms with Gasteiger partial charge < -0.3 is 10.6 Å². The van der Waals surface area contributed by atoms with E-state index in [1.165, 1.54) is 19.4 Å². The minimum Gasteiger partial charge on any atom is -0.354 e. The number of nitrogens with zero attached hydrogens (tertiary/aromatic N) is 1. The van der Waals surface area contributed by atoms with Crippen LogP contribution in [0.1, 0.15) is 32.6 Å². The molecule has 2 heterocycles. The molecule has 0 saturated carbocycles. The van der Waals surface area contributed by atoms with Gasteiger partial charge in [0.15, 0.2) is 0 Å². The van der Waals surface area contributed by atoms with Gasteiger partial charge in [0.2, 0.25) is 5.91 Å². The molecule has 0 bridgehead atoms. The highest BCUT2D eigenvalue weighted by atomic mass is 16.1. The predicted molar refractivity (Wildman–Crippen MR) is 64.3 cm³/mol. The number of nitrogens with one attached hydrogen (secondary N) is 2. The van der Waals surface area contributed by atoms with Crippen molar-refractivity contribution in [3.63, 3.8) is 0 Å². The van der Waals surface area contributed by atoms with Crippen LogP contribution in [0.4, 0.5) is 0 Å². The summed E-state index contributed by atoms with van der Waals surface area (Å²) in [4.78, 5) is 13.5. The van der Waals surface area contributed by atoms with Gasteiger partial charge in [-0.3, -0.25) is 9.69 Å². The SMILES string of the molecule is CC(=O)NC1CCN(C2CCCNC2)CC1. The fraction of sp³-hybridized carbons (Fsp3) is 0.917. The van der Waals surface area contributed by atoms with E-state index in [0.717, 1.165) is 38.5 Å². The van der Waals surface area contributed by atoms with E-state index < -0.39 is 0 Å². The van der Waals surface area contributed by atoms with Crippen molar-refractivity contribution in [3.8, 4) is 0 Å². The van der Waals surface area contributed by atoms with E-state index in [1.54, 1.807) is 6.92 Å². The molecule has 0 spiro atoms. The smallest absolute Gasteiger partial charge is 0.217 e. The number of carbonyl (C=O) groups excluding carboxylic acids is 1. The Labute approximate surface area is 97.8 Å². The van der Waals surface area contributed by atoms with Crippen LogP contribution in [0.2, 0.25) is 0 Å². The average Bonchev–Trinajstić information content (AvgIpc) is 2.30. The van der Waals surface area contributed by atoms with Gasteiger partial charge in [0.05, 0.1) is 0 Å². The Morgan fingerprint density at radius 3 is 2.62 bits per heavy atom. The summed E-state index contributed by atoms with van der Waals surface area (Å²) in [6.45, 7) is 6.20. The van der Waals surface area contributed by atoms with Crippen LogP contribution < -0.4 is 10.6 Å². The number of piperidine rings is 2. The molecule has 2 N–H and O–H groups in total. The number of rotatable bonds is 2. The molecule has 0 radical (unpaired) electrons. The van der Waals surface area contributed by atoms with Crippen LogP contribution in [-0.2, 0) is 4.79 Å². The van der Waals surface area contributed by atoms with Gasteiger partial charge in [0.1, 0.15) is 0 Å². The quantitative estimate of drug-likeness (QED) is 0.712. The first kappa shape index (κ1) is 11.9. The second kappa shape index (κ2) is 5.64. The lowest BCUT2D eigenvalue weighted by Crippen LogP contribution is -2.51. The predicted octanol–water partition coefficient (Wildman–Crippen LogP) is 0.339. The third-order valence-corrected chi connectivity index (χ3v) is 3.72. The zero-order valence-electron chi connectivity index (χ0n) is 10.2. The largest absolute Gasteiger partial charge is 0.354 e. The Bertz CT molecular complexity index is 230. The maximum atomic E-state index is 11.0. The third kappa shape index (κ3) is 3.19. The Balaban J connectivity index is 1.73. The molecule has 2 aliphatic rings. The van der Waals surface area contributed by atoms with E-state index in [-0.39, 0.29) is 5.91 Å². The molecule has 2 fully saturated rings. The first-order chi connectivity index (χ1) is 7.75. The van der Waals surface area contributed by atoms with Crippen molar-refractivity contribution < 1.29 is 4.79 Å². The van der Waals surface area contributed by atoms with Crippen LogP contribution in [0.5, 0.6) is 0 Å². The number of hydrogen-bond donors (Lipinski definition) is 2. The summed E-state index contributed by atoms with van der Waals surface area (Å²) in [7, 11) is 0. The Hall–Kier alpha value is -0.610. The molecule has 0 aromatic carbocycles. The number of hydrogen-bond acceptors (Lipinski definition) is 3. The van der Waals surface area contributed by atoms with Crippen LogP contribution in [0.15, 0.2) is 0 Å². The fourth-order valence-corrected chi connectivity index (χ4v) is 2.84. The molecule has 92 valence electrons. The molecule has 1 atom stereocenters. The summed E-state index contributed by atoms with van der Waals surface area (Å²) in [6.07, 6.45) is 4.85. The van der Waals surface area contributed by atoms with Crippen LogP contribution >= 0.6 is 0 Å². The molecular weight excluding hydrogens is 202 g/mol. The van der Waals surface area contributed by atoms with Gasteiger partial charge in [0, 0.05) is 38.6 Å². The molecule has 16 heavy (non-hydrogen) atoms. The molecule has 1 unspecified atom stereocenters. The number of likely N-dealkylation sites (tertiary alicyclic amines) is 1. The first-order valence-corrected chi connectivity index (χ1v) is 6.47. The van der Waals surface area contributed by atoms with E-state index in [2.05, 4.69) is 15.5 Å². The zero-order valence-corrected chi connectivity index (χ0v) is 10.2. The summed E-state index contributed by atoms with van der Waals surface area (Å²) in [5.74, 6) is 0.109. The highest BCUT2D eigenvalue weighted by Gasteiger charge is 2.26. The second-order valence-corrected chi connectivity index (χ2v) is 5.01. The van der Waals surface area contributed by atoms with E-state index in [1.807, 2.05) is 0 Å². The molecule has 4 heteroatoms. The summed E-state index contributed by atoms with van der Waals surface area (Å²) in [6, 6.07) is 1.14. The van der Waals surface area contributed by atoms with Crippen molar-refractivity contribution >= 4 is 5.91 Å². The number of amides is 1. The van der Waals surface area contributed by atoms with Crippen LogP contribution in [-0.4, -0.2) is 49.1 Å². The monoisotopic (exact) mass is 225 g/mol. The zero-order chi connectivity index (χ0) is 11.4. The van der Waals surface area contributed by atoms with Gasteiger partial charge in [-0.15, -0.1) is 0 Å². The van der Waals surface area contributed by atoms with Crippen molar-refractivity contribution in [3.05, 3.63) is 0 Å². The standard InChI is InChI=1S/C12H23N3O/c1-10(16)14-11-4-7-15(8-5-11)12-3-2-6-13-9-12/h11-13H,2-9H2,1H3,(H,14,16). The van der Waals surface area contributed by atoms with Crippen molar-refractivity contribution in [1.29, 1.82) is 0 Å². The lowest BCUT2D eigenvalue weighted by Gasteiger charge is -2.39. The Morgan fingerprint density at radius 2 is 2.06 bits per heavy atom. The Kier molecular flexibility index (Phi) is 4.18. The first-order valence-electron chi connectivity index (χ1n) is 6.47. The van der Waals surface area contributed by atoms with Crippen LogP contribution in [0.25, 0.3) is 0 Å². The maximum Gasteiger partial charge on any atom is 0.217 e. The molecule has 0 aliphatic carbocycles. The van der Waals surface area contributed by atoms with Gasteiger partial charge in [-0.05, 0) is 32.2 Å². The molecule has 0 aromatic heterocycles. The van der Waals surface area contributed by atoms with Crippen molar-refractivity contribution in [2.75, 3.05) is 26.2 Å². The molecule has 4 nitrogen and oxygen atoms in total. The molecule has 2 saturated heterocycles. The fourth-order valence-electron chi connectivity index (χ4n) is 2.84. The van der Waals surface area contributed by atoms with Crippen molar-refractivity contribution in [1.82, 2.24) is 15.5 Å². The van der Waals surface area contributed by atoms with Crippen molar-refractivity contribution in [2.24, 2.45) is 0 Å². The summed E-state index contributed by atoms with van der Waals surface area (Å²) in [5, 5.41) is 6.49. The summed E-state index contributed by atoms with van der Waals surface area (Å²) >= 11 is 0. The summed E-state index contributed by atoms with van der Waals surface area (Å²) in [5.41, 5.74) is 0. The number of carbonyl (C=O) groups is 1. The van der Waals surface area contributed by atoms with Gasteiger partial charge in [-0.1, -0.05) is 0 Å². The van der Waals surface area contributed by atoms with Crippen LogP contribution in [0.3, 0.4) is 0 Å². The highest BCUT2D eigenvalue weighted by molar-refractivity contribution is 5.73. The minimum atomic E-state index is 0.109. The van der Waals surface area contributed by atoms with Crippen molar-refractivity contribution in [2.45, 2.75) is 44.7 Å². The minimum absolute atomic E-state index is 0.109. The molecule has 2 rings (SSSR count). The van der Waals surface area contributed by atoms with E-state index >= 15 is 0 Å². The van der Waals surface area contributed by atoms with E-state index in [0.29, 0.717) is 6.04 Å². The van der Waals surface area contributed by atoms with Gasteiger partial charge >= 0.3 is 0 Å². The van der Waals surface area contributed by atoms with E-state index in [9.17, 15) is 4.79 Å². The summed E-state index contributed by atoms with van der Waals surface area (Å²) < 4.78 is 0. The Morgan fingerprint density at radius 1 is 1.31 bits per heavy atom. The average molecular weight is 225 g/mol. The topological polar surface area (TPSA) is 44.4 Å².